The highest BCUT2D eigenvalue weighted by Gasteiger charge is 2.07. The van der Waals surface area contributed by atoms with E-state index in [9.17, 15) is 0 Å². The second kappa shape index (κ2) is 5.64. The molecular weight excluding hydrogens is 184 g/mol. The van der Waals surface area contributed by atoms with Gasteiger partial charge in [0, 0.05) is 25.0 Å². The zero-order chi connectivity index (χ0) is 11.3. The van der Waals surface area contributed by atoms with Gasteiger partial charge in [-0.25, -0.2) is 0 Å². The molecule has 0 aliphatic rings. The summed E-state index contributed by atoms with van der Waals surface area (Å²) in [5.74, 6) is 0.785. The van der Waals surface area contributed by atoms with E-state index >= 15 is 0 Å². The third kappa shape index (κ3) is 3.46. The molecule has 0 saturated heterocycles. The van der Waals surface area contributed by atoms with Crippen molar-refractivity contribution in [3.63, 3.8) is 0 Å². The van der Waals surface area contributed by atoms with Crippen molar-refractivity contribution in [3.8, 4) is 0 Å². The summed E-state index contributed by atoms with van der Waals surface area (Å²) in [7, 11) is 2.14. The van der Waals surface area contributed by atoms with E-state index in [0.717, 1.165) is 18.2 Å². The molecule has 0 fully saturated rings. The lowest BCUT2D eigenvalue weighted by atomic mass is 10.0. The third-order valence-corrected chi connectivity index (χ3v) is 3.02. The van der Waals surface area contributed by atoms with Gasteiger partial charge in [-0.1, -0.05) is 26.7 Å². The summed E-state index contributed by atoms with van der Waals surface area (Å²) in [6.45, 7) is 5.63. The van der Waals surface area contributed by atoms with E-state index in [1.54, 1.807) is 0 Å². The van der Waals surface area contributed by atoms with Crippen LogP contribution in [0.5, 0.6) is 0 Å². The normalized spacial score (nSPS) is 10.7. The molecule has 2 heteroatoms. The number of nitrogen functional groups attached to an aromatic ring is 1. The molecule has 0 atom stereocenters. The van der Waals surface area contributed by atoms with E-state index in [2.05, 4.69) is 37.9 Å². The molecule has 1 aromatic rings. The summed E-state index contributed by atoms with van der Waals surface area (Å²) in [5.41, 5.74) is 7.74. The maximum Gasteiger partial charge on any atom is 0.0365 e. The molecule has 0 aliphatic heterocycles. The Kier molecular flexibility index (Phi) is 4.47. The summed E-state index contributed by atoms with van der Waals surface area (Å²) in [5, 5.41) is 0. The average Bonchev–Trinajstić information content (AvgIpc) is 2.26. The van der Waals surface area contributed by atoms with Crippen LogP contribution >= 0.6 is 0 Å². The van der Waals surface area contributed by atoms with Crippen molar-refractivity contribution < 1.29 is 0 Å². The Balaban J connectivity index is 2.60. The summed E-state index contributed by atoms with van der Waals surface area (Å²) in [6.07, 6.45) is 2.49. The van der Waals surface area contributed by atoms with Gasteiger partial charge in [0.15, 0.2) is 0 Å². The van der Waals surface area contributed by atoms with E-state index in [1.165, 1.54) is 18.5 Å². The first-order valence-electron chi connectivity index (χ1n) is 5.74. The minimum Gasteiger partial charge on any atom is -0.399 e. The highest BCUT2D eigenvalue weighted by molar-refractivity contribution is 5.52. The fourth-order valence-corrected chi connectivity index (χ4v) is 1.77. The summed E-state index contributed by atoms with van der Waals surface area (Å²) >= 11 is 0. The number of hydrogen-bond donors (Lipinski definition) is 1. The molecule has 0 radical (unpaired) electrons. The minimum absolute atomic E-state index is 0.785. The molecule has 84 valence electrons. The molecule has 2 nitrogen and oxygen atoms in total. The Morgan fingerprint density at radius 2 is 1.67 bits per heavy atom. The summed E-state index contributed by atoms with van der Waals surface area (Å²) < 4.78 is 0. The predicted octanol–water partition coefficient (Wildman–Crippen LogP) is 3.14. The van der Waals surface area contributed by atoms with Crippen LogP contribution in [-0.4, -0.2) is 13.6 Å². The van der Waals surface area contributed by atoms with Gasteiger partial charge in [0.1, 0.15) is 0 Å². The molecule has 0 spiro atoms. The van der Waals surface area contributed by atoms with Crippen molar-refractivity contribution in [1.82, 2.24) is 0 Å². The van der Waals surface area contributed by atoms with Crippen molar-refractivity contribution in [2.45, 2.75) is 26.7 Å². The monoisotopic (exact) mass is 206 g/mol. The van der Waals surface area contributed by atoms with Gasteiger partial charge in [0.25, 0.3) is 0 Å². The largest absolute Gasteiger partial charge is 0.399 e. The lowest BCUT2D eigenvalue weighted by Crippen LogP contribution is -2.24. The fourth-order valence-electron chi connectivity index (χ4n) is 1.77. The van der Waals surface area contributed by atoms with Crippen LogP contribution in [0.3, 0.4) is 0 Å². The number of rotatable bonds is 5. The maximum absolute atomic E-state index is 5.66. The van der Waals surface area contributed by atoms with Crippen LogP contribution in [0.25, 0.3) is 0 Å². The first-order valence-corrected chi connectivity index (χ1v) is 5.74. The van der Waals surface area contributed by atoms with Gasteiger partial charge in [-0.2, -0.15) is 0 Å². The van der Waals surface area contributed by atoms with E-state index in [-0.39, 0.29) is 0 Å². The predicted molar refractivity (Wildman–Crippen MR) is 68.2 cm³/mol. The van der Waals surface area contributed by atoms with Crippen molar-refractivity contribution in [1.29, 1.82) is 0 Å². The van der Waals surface area contributed by atoms with E-state index in [1.807, 2.05) is 12.1 Å². The van der Waals surface area contributed by atoms with Gasteiger partial charge in [0.05, 0.1) is 0 Å². The Labute approximate surface area is 93.1 Å². The van der Waals surface area contributed by atoms with Crippen molar-refractivity contribution in [2.24, 2.45) is 5.92 Å². The first-order chi connectivity index (χ1) is 7.17. The highest BCUT2D eigenvalue weighted by atomic mass is 15.1. The molecule has 0 bridgehead atoms. The average molecular weight is 206 g/mol. The van der Waals surface area contributed by atoms with Crippen molar-refractivity contribution in [3.05, 3.63) is 24.3 Å². The second-order valence-corrected chi connectivity index (χ2v) is 4.15. The Morgan fingerprint density at radius 1 is 1.13 bits per heavy atom. The number of nitrogens with two attached hydrogens (primary N) is 1. The van der Waals surface area contributed by atoms with Crippen LogP contribution in [0.2, 0.25) is 0 Å². The molecule has 0 unspecified atom stereocenters. The molecule has 0 saturated carbocycles. The minimum atomic E-state index is 0.785. The molecule has 2 N–H and O–H groups in total. The fraction of sp³-hybridized carbons (Fsp3) is 0.538. The lowest BCUT2D eigenvalue weighted by Gasteiger charge is -2.24. The molecular formula is C13H22N2. The molecule has 0 heterocycles. The Hall–Kier alpha value is -1.18. The Morgan fingerprint density at radius 3 is 2.13 bits per heavy atom. The van der Waals surface area contributed by atoms with Gasteiger partial charge >= 0.3 is 0 Å². The highest BCUT2D eigenvalue weighted by Crippen LogP contribution is 2.18. The van der Waals surface area contributed by atoms with Gasteiger partial charge < -0.3 is 10.6 Å². The van der Waals surface area contributed by atoms with Crippen LogP contribution in [0.1, 0.15) is 26.7 Å². The molecule has 0 amide bonds. The van der Waals surface area contributed by atoms with Gasteiger partial charge in [0.2, 0.25) is 0 Å². The molecule has 0 aromatic heterocycles. The van der Waals surface area contributed by atoms with Crippen LogP contribution in [0.15, 0.2) is 24.3 Å². The SMILES string of the molecule is CCC(CC)CN(C)c1ccc(N)cc1. The lowest BCUT2D eigenvalue weighted by molar-refractivity contribution is 0.494. The topological polar surface area (TPSA) is 29.3 Å². The van der Waals surface area contributed by atoms with Crippen LogP contribution in [0, 0.1) is 5.92 Å². The number of nitrogens with zero attached hydrogens (tertiary/aromatic N) is 1. The van der Waals surface area contributed by atoms with Crippen LogP contribution in [-0.2, 0) is 0 Å². The molecule has 0 aliphatic carbocycles. The second-order valence-electron chi connectivity index (χ2n) is 4.15. The maximum atomic E-state index is 5.66. The van der Waals surface area contributed by atoms with Crippen molar-refractivity contribution >= 4 is 11.4 Å². The molecule has 15 heavy (non-hydrogen) atoms. The number of hydrogen-bond acceptors (Lipinski definition) is 2. The molecule has 1 aromatic carbocycles. The summed E-state index contributed by atoms with van der Waals surface area (Å²) in [6, 6.07) is 8.08. The van der Waals surface area contributed by atoms with E-state index in [0.29, 0.717) is 0 Å². The van der Waals surface area contributed by atoms with E-state index in [4.69, 9.17) is 5.73 Å². The van der Waals surface area contributed by atoms with Crippen LogP contribution < -0.4 is 10.6 Å². The summed E-state index contributed by atoms with van der Waals surface area (Å²) in [4.78, 5) is 2.30. The van der Waals surface area contributed by atoms with Crippen LogP contribution in [0.4, 0.5) is 11.4 Å². The van der Waals surface area contributed by atoms with Crippen molar-refractivity contribution in [2.75, 3.05) is 24.2 Å². The van der Waals surface area contributed by atoms with Gasteiger partial charge in [-0.3, -0.25) is 0 Å². The first kappa shape index (κ1) is 11.9. The molecule has 1 rings (SSSR count). The zero-order valence-electron chi connectivity index (χ0n) is 10.0. The van der Waals surface area contributed by atoms with E-state index < -0.39 is 0 Å². The van der Waals surface area contributed by atoms with Gasteiger partial charge in [-0.05, 0) is 30.2 Å². The van der Waals surface area contributed by atoms with Gasteiger partial charge in [-0.15, -0.1) is 0 Å². The smallest absolute Gasteiger partial charge is 0.0365 e. The third-order valence-electron chi connectivity index (χ3n) is 3.02. The quantitative estimate of drug-likeness (QED) is 0.750. The number of benzene rings is 1. The zero-order valence-corrected chi connectivity index (χ0v) is 10.0. The Bertz CT molecular complexity index is 275. The number of anilines is 2. The standard InChI is InChI=1S/C13H22N2/c1-4-11(5-2)10-15(3)13-8-6-12(14)7-9-13/h6-9,11H,4-5,10,14H2,1-3H3.